The topological polar surface area (TPSA) is 48.5 Å². The van der Waals surface area contributed by atoms with Gasteiger partial charge in [-0.3, -0.25) is 4.57 Å². The molecule has 0 amide bonds. The number of aromatic nitrogens is 5. The van der Waals surface area contributed by atoms with Gasteiger partial charge in [0, 0.05) is 38.4 Å². The lowest BCUT2D eigenvalue weighted by atomic mass is 10.0. The molecular formula is C45H29N5. The van der Waals surface area contributed by atoms with Crippen molar-refractivity contribution in [3.05, 3.63) is 175 Å². The zero-order valence-corrected chi connectivity index (χ0v) is 25.4. The number of nitrogens with zero attached hydrogens (tertiary/aromatic N) is 5. The van der Waals surface area contributed by atoms with Gasteiger partial charge in [-0.1, -0.05) is 139 Å². The van der Waals surface area contributed by atoms with E-state index in [0.29, 0.717) is 11.0 Å². The Bertz CT molecular complexity index is 3870. The third-order valence-electron chi connectivity index (χ3n) is 8.09. The minimum absolute atomic E-state index is 0.147. The zero-order chi connectivity index (χ0) is 51.3. The number of hydrogen-bond donors (Lipinski definition) is 0. The average molecular weight is 661 g/mol. The zero-order valence-electron chi connectivity index (χ0n) is 46.4. The summed E-state index contributed by atoms with van der Waals surface area (Å²) in [5.41, 5.74) is -2.65. The van der Waals surface area contributed by atoms with E-state index in [4.69, 9.17) is 17.8 Å². The summed E-state index contributed by atoms with van der Waals surface area (Å²) in [4.78, 5) is 13.2. The molecule has 5 heteroatoms. The average Bonchev–Trinajstić information content (AvgIpc) is 3.89. The summed E-state index contributed by atoms with van der Waals surface area (Å²) in [7, 11) is 0. The quantitative estimate of drug-likeness (QED) is 0.185. The van der Waals surface area contributed by atoms with Crippen molar-refractivity contribution in [2.24, 2.45) is 0 Å². The minimum atomic E-state index is -0.931. The molecule has 0 N–H and O–H groups in total. The first-order valence-corrected chi connectivity index (χ1v) is 15.1. The summed E-state index contributed by atoms with van der Waals surface area (Å²) in [5.74, 6) is -2.33. The fourth-order valence-corrected chi connectivity index (χ4v) is 5.93. The van der Waals surface area contributed by atoms with E-state index in [-0.39, 0.29) is 5.69 Å². The van der Waals surface area contributed by atoms with Gasteiger partial charge in [0.2, 0.25) is 5.95 Å². The van der Waals surface area contributed by atoms with E-state index in [9.17, 15) is 11.0 Å². The van der Waals surface area contributed by atoms with Gasteiger partial charge in [0.1, 0.15) is 0 Å². The standard InChI is InChI=1S/C45H29N5/c1-2-12-32(13-3-1)43-46-44(48-45(47-43)50-41-20-10-6-16-37(41)38-17-7-11-21-42(38)50)33-24-22-30(23-25-33)31-26-28-34(29-27-31)49-39-18-8-4-14-35(39)36-15-5-9-19-40(36)49/h1-29H/i1D,2D,3D,6D,7D,10D,11D,12D,13D,16D,17D,20D,21D,22D,23D,24D,25D,26D,27D,28D,29D. The van der Waals surface area contributed by atoms with Crippen LogP contribution in [0.25, 0.3) is 89.2 Å². The van der Waals surface area contributed by atoms with Gasteiger partial charge in [0.25, 0.3) is 0 Å². The van der Waals surface area contributed by atoms with Crippen LogP contribution in [0, 0.1) is 0 Å². The van der Waals surface area contributed by atoms with Gasteiger partial charge in [-0.2, -0.15) is 9.97 Å². The van der Waals surface area contributed by atoms with Crippen LogP contribution >= 0.6 is 0 Å². The highest BCUT2D eigenvalue weighted by molar-refractivity contribution is 6.10. The predicted molar refractivity (Wildman–Crippen MR) is 205 cm³/mol. The Kier molecular flexibility index (Phi) is 3.26. The van der Waals surface area contributed by atoms with Crippen LogP contribution in [0.2, 0.25) is 0 Å². The molecule has 0 spiro atoms. The summed E-state index contributed by atoms with van der Waals surface area (Å²) in [6.07, 6.45) is 0. The molecule has 50 heavy (non-hydrogen) atoms. The number of para-hydroxylation sites is 4. The lowest BCUT2D eigenvalue weighted by molar-refractivity contribution is 0.953. The molecule has 10 rings (SSSR count). The maximum absolute atomic E-state index is 9.36. The second-order valence-corrected chi connectivity index (χ2v) is 10.9. The smallest absolute Gasteiger partial charge is 0.238 e. The van der Waals surface area contributed by atoms with Gasteiger partial charge >= 0.3 is 0 Å². The Morgan fingerprint density at radius 1 is 0.360 bits per heavy atom. The van der Waals surface area contributed by atoms with Crippen LogP contribution < -0.4 is 0 Å². The van der Waals surface area contributed by atoms with Gasteiger partial charge in [0.05, 0.1) is 50.9 Å². The van der Waals surface area contributed by atoms with Gasteiger partial charge in [0.15, 0.2) is 11.6 Å². The molecule has 0 aliphatic heterocycles. The molecule has 7 aromatic carbocycles. The van der Waals surface area contributed by atoms with Crippen molar-refractivity contribution in [1.29, 1.82) is 0 Å². The maximum Gasteiger partial charge on any atom is 0.238 e. The molecule has 0 fully saturated rings. The van der Waals surface area contributed by atoms with E-state index in [1.165, 1.54) is 0 Å². The number of hydrogen-bond acceptors (Lipinski definition) is 3. The second-order valence-electron chi connectivity index (χ2n) is 10.9. The molecule has 0 saturated carbocycles. The highest BCUT2D eigenvalue weighted by atomic mass is 15.2. The summed E-state index contributed by atoms with van der Waals surface area (Å²) in [6.45, 7) is 0. The highest BCUT2D eigenvalue weighted by Gasteiger charge is 2.18. The maximum atomic E-state index is 9.36. The molecule has 5 nitrogen and oxygen atoms in total. The molecule has 0 unspecified atom stereocenters. The Labute approximate surface area is 317 Å². The SMILES string of the molecule is [2H]c1c([2H])c([2H])c(-c2nc(-c3c([2H])c([2H])c(-c4c([2H])c([2H])c(-n5c6ccccc6c6ccccc65)c([2H])c4[2H])c([2H])c3[2H])nc(-n3c4c([2H])c([2H])c([2H])c([2H])c4c4c([2H])c([2H])c([2H])c([2H])c43)n2)c([2H])c1[2H]. The molecule has 3 aromatic heterocycles. The van der Waals surface area contributed by atoms with Crippen molar-refractivity contribution < 1.29 is 28.8 Å². The van der Waals surface area contributed by atoms with Gasteiger partial charge in [-0.05, 0) is 47.4 Å². The molecule has 0 radical (unpaired) electrons. The Morgan fingerprint density at radius 2 is 0.820 bits per heavy atom. The van der Waals surface area contributed by atoms with Crippen molar-refractivity contribution in [3.8, 4) is 45.5 Å². The van der Waals surface area contributed by atoms with Crippen LogP contribution in [0.15, 0.2) is 175 Å². The van der Waals surface area contributed by atoms with Crippen molar-refractivity contribution in [2.75, 3.05) is 0 Å². The van der Waals surface area contributed by atoms with Crippen molar-refractivity contribution in [2.45, 2.75) is 0 Å². The van der Waals surface area contributed by atoms with Gasteiger partial charge in [-0.15, -0.1) is 0 Å². The monoisotopic (exact) mass is 660 g/mol. The predicted octanol–water partition coefficient (Wildman–Crippen LogP) is 11.1. The Morgan fingerprint density at radius 3 is 1.40 bits per heavy atom. The third-order valence-corrected chi connectivity index (χ3v) is 8.09. The molecule has 10 aromatic rings. The molecule has 0 saturated heterocycles. The molecule has 0 aliphatic rings. The molecular weight excluding hydrogens is 611 g/mol. The van der Waals surface area contributed by atoms with Crippen LogP contribution in [0.3, 0.4) is 0 Å². The van der Waals surface area contributed by atoms with Crippen LogP contribution in [-0.2, 0) is 0 Å². The van der Waals surface area contributed by atoms with Gasteiger partial charge in [-0.25, -0.2) is 4.98 Å². The largest absolute Gasteiger partial charge is 0.309 e. The first kappa shape index (κ1) is 14.3. The molecule has 3 heterocycles. The molecule has 0 aliphatic carbocycles. The van der Waals surface area contributed by atoms with Gasteiger partial charge < -0.3 is 4.57 Å². The van der Waals surface area contributed by atoms with Crippen molar-refractivity contribution >= 4 is 43.6 Å². The molecule has 0 atom stereocenters. The summed E-state index contributed by atoms with van der Waals surface area (Å²) >= 11 is 0. The lowest BCUT2D eigenvalue weighted by Gasteiger charge is -2.11. The number of rotatable bonds is 5. The van der Waals surface area contributed by atoms with E-state index >= 15 is 0 Å². The minimum Gasteiger partial charge on any atom is -0.309 e. The molecule has 234 valence electrons. The van der Waals surface area contributed by atoms with Crippen LogP contribution in [0.5, 0.6) is 0 Å². The summed E-state index contributed by atoms with van der Waals surface area (Å²) in [5, 5.41) is 0.730. The van der Waals surface area contributed by atoms with Crippen LogP contribution in [-0.4, -0.2) is 24.1 Å². The van der Waals surface area contributed by atoms with Crippen molar-refractivity contribution in [1.82, 2.24) is 24.1 Å². The number of fused-ring (bicyclic) bond motifs is 6. The first-order chi connectivity index (χ1) is 33.5. The summed E-state index contributed by atoms with van der Waals surface area (Å²) in [6, 6.07) is -2.24. The van der Waals surface area contributed by atoms with Crippen LogP contribution in [0.1, 0.15) is 28.8 Å². The second kappa shape index (κ2) is 11.4. The normalized spacial score (nSPS) is 17.5. The first-order valence-electron chi connectivity index (χ1n) is 25.6. The fraction of sp³-hybridized carbons (Fsp3) is 0. The lowest BCUT2D eigenvalue weighted by Crippen LogP contribution is -2.06. The van der Waals surface area contributed by atoms with E-state index in [1.807, 2.05) is 24.3 Å². The highest BCUT2D eigenvalue weighted by Crippen LogP contribution is 2.34. The van der Waals surface area contributed by atoms with Crippen LogP contribution in [0.4, 0.5) is 0 Å². The Balaban J connectivity index is 1.29. The van der Waals surface area contributed by atoms with Crippen molar-refractivity contribution in [3.63, 3.8) is 0 Å². The van der Waals surface area contributed by atoms with E-state index in [1.54, 1.807) is 28.8 Å². The Hall–Kier alpha value is -6.85. The summed E-state index contributed by atoms with van der Waals surface area (Å²) < 4.78 is 189. The van der Waals surface area contributed by atoms with E-state index in [2.05, 4.69) is 15.0 Å². The van der Waals surface area contributed by atoms with E-state index < -0.39 is 189 Å². The fourth-order valence-electron chi connectivity index (χ4n) is 5.93. The third kappa shape index (κ3) is 4.52. The van der Waals surface area contributed by atoms with E-state index in [0.717, 1.165) is 15.3 Å². The number of benzene rings is 7. The molecule has 0 bridgehead atoms.